The third kappa shape index (κ3) is 4.18. The van der Waals surface area contributed by atoms with E-state index in [0.717, 1.165) is 18.7 Å². The molecule has 5 nitrogen and oxygen atoms in total. The molecule has 1 aliphatic rings. The minimum Gasteiger partial charge on any atom is -0.399 e. The van der Waals surface area contributed by atoms with Crippen molar-refractivity contribution >= 4 is 15.7 Å². The molecule has 2 N–H and O–H groups in total. The van der Waals surface area contributed by atoms with Crippen molar-refractivity contribution < 1.29 is 8.42 Å². The number of hydrogen-bond donors (Lipinski definition) is 1. The Morgan fingerprint density at radius 3 is 2.05 bits per heavy atom. The van der Waals surface area contributed by atoms with Crippen LogP contribution in [0, 0.1) is 0 Å². The molecule has 0 spiro atoms. The van der Waals surface area contributed by atoms with Gasteiger partial charge in [0.25, 0.3) is 0 Å². The molecule has 0 saturated carbocycles. The Morgan fingerprint density at radius 2 is 1.57 bits per heavy atom. The van der Waals surface area contributed by atoms with E-state index in [2.05, 4.69) is 25.7 Å². The van der Waals surface area contributed by atoms with E-state index >= 15 is 0 Å². The van der Waals surface area contributed by atoms with E-state index in [4.69, 9.17) is 5.73 Å². The number of sulfonamides is 1. The van der Waals surface area contributed by atoms with Crippen molar-refractivity contribution in [3.8, 4) is 0 Å². The van der Waals surface area contributed by atoms with Gasteiger partial charge < -0.3 is 5.73 Å². The molecule has 1 aromatic rings. The smallest absolute Gasteiger partial charge is 0.218 e. The van der Waals surface area contributed by atoms with Gasteiger partial charge in [-0.05, 0) is 38.5 Å². The van der Waals surface area contributed by atoms with Crippen LogP contribution >= 0.6 is 0 Å². The van der Waals surface area contributed by atoms with Crippen LogP contribution in [0.1, 0.15) is 26.3 Å². The first-order valence-electron chi connectivity index (χ1n) is 7.26. The van der Waals surface area contributed by atoms with Crippen LogP contribution in [0.5, 0.6) is 0 Å². The Morgan fingerprint density at radius 1 is 1.05 bits per heavy atom. The summed E-state index contributed by atoms with van der Waals surface area (Å²) in [5.41, 5.74) is 7.14. The third-order valence-corrected chi connectivity index (χ3v) is 5.76. The molecule has 0 atom stereocenters. The lowest BCUT2D eigenvalue weighted by atomic mass is 10.1. The van der Waals surface area contributed by atoms with E-state index in [9.17, 15) is 8.42 Å². The molecule has 6 heteroatoms. The van der Waals surface area contributed by atoms with Gasteiger partial charge in [0.15, 0.2) is 0 Å². The highest BCUT2D eigenvalue weighted by Crippen LogP contribution is 2.19. The fourth-order valence-electron chi connectivity index (χ4n) is 2.55. The fraction of sp³-hybridized carbons (Fsp3) is 0.600. The van der Waals surface area contributed by atoms with Crippen molar-refractivity contribution in [3.05, 3.63) is 29.8 Å². The lowest BCUT2D eigenvalue weighted by Gasteiger charge is -2.41. The van der Waals surface area contributed by atoms with Gasteiger partial charge in [0.2, 0.25) is 10.0 Å². The summed E-state index contributed by atoms with van der Waals surface area (Å²) in [6, 6.07) is 7.03. The second kappa shape index (κ2) is 5.94. The molecule has 0 unspecified atom stereocenters. The van der Waals surface area contributed by atoms with Gasteiger partial charge in [-0.1, -0.05) is 12.1 Å². The summed E-state index contributed by atoms with van der Waals surface area (Å²) in [6.45, 7) is 9.17. The first-order valence-corrected chi connectivity index (χ1v) is 8.87. The number of piperazine rings is 1. The average molecular weight is 311 g/mol. The molecule has 0 amide bonds. The van der Waals surface area contributed by atoms with Crippen LogP contribution < -0.4 is 5.73 Å². The van der Waals surface area contributed by atoms with Crippen molar-refractivity contribution in [2.24, 2.45) is 0 Å². The summed E-state index contributed by atoms with van der Waals surface area (Å²) in [6.07, 6.45) is 0. The number of hydrogen-bond acceptors (Lipinski definition) is 4. The number of rotatable bonds is 3. The molecule has 1 heterocycles. The summed E-state index contributed by atoms with van der Waals surface area (Å²) >= 11 is 0. The number of nitrogen functional groups attached to an aromatic ring is 1. The Bertz CT molecular complexity index is 568. The lowest BCUT2D eigenvalue weighted by molar-refractivity contribution is 0.0921. The van der Waals surface area contributed by atoms with Gasteiger partial charge in [0.05, 0.1) is 5.75 Å². The van der Waals surface area contributed by atoms with Crippen LogP contribution in [0.4, 0.5) is 5.69 Å². The topological polar surface area (TPSA) is 66.6 Å². The van der Waals surface area contributed by atoms with Crippen molar-refractivity contribution in [1.29, 1.82) is 0 Å². The summed E-state index contributed by atoms with van der Waals surface area (Å²) in [7, 11) is -3.25. The monoisotopic (exact) mass is 311 g/mol. The number of nitrogens with two attached hydrogens (primary N) is 1. The molecular formula is C15H25N3O2S. The average Bonchev–Trinajstić information content (AvgIpc) is 2.40. The zero-order valence-electron chi connectivity index (χ0n) is 13.0. The standard InChI is InChI=1S/C15H25N3O2S/c1-15(2,3)17-8-10-18(11-9-17)21(19,20)12-13-4-6-14(16)7-5-13/h4-7H,8-12,16H2,1-3H3. The maximum absolute atomic E-state index is 12.5. The van der Waals surface area contributed by atoms with Crippen LogP contribution in [0.25, 0.3) is 0 Å². The lowest BCUT2D eigenvalue weighted by Crippen LogP contribution is -2.54. The molecule has 1 saturated heterocycles. The first-order chi connectivity index (χ1) is 9.68. The van der Waals surface area contributed by atoms with E-state index < -0.39 is 10.0 Å². The molecule has 1 aliphatic heterocycles. The van der Waals surface area contributed by atoms with Gasteiger partial charge >= 0.3 is 0 Å². The van der Waals surface area contributed by atoms with Crippen molar-refractivity contribution in [2.45, 2.75) is 32.1 Å². The highest BCUT2D eigenvalue weighted by Gasteiger charge is 2.31. The summed E-state index contributed by atoms with van der Waals surface area (Å²) in [4.78, 5) is 2.32. The molecule has 0 aromatic heterocycles. The number of anilines is 1. The van der Waals surface area contributed by atoms with Crippen LogP contribution in [0.15, 0.2) is 24.3 Å². The Labute approximate surface area is 127 Å². The quantitative estimate of drug-likeness (QED) is 0.859. The minimum absolute atomic E-state index is 0.0444. The van der Waals surface area contributed by atoms with E-state index in [0.29, 0.717) is 18.8 Å². The highest BCUT2D eigenvalue weighted by atomic mass is 32.2. The van der Waals surface area contributed by atoms with Crippen LogP contribution in [0.3, 0.4) is 0 Å². The van der Waals surface area contributed by atoms with Gasteiger partial charge in [-0.3, -0.25) is 4.90 Å². The van der Waals surface area contributed by atoms with Crippen LogP contribution in [-0.2, 0) is 15.8 Å². The predicted octanol–water partition coefficient (Wildman–Crippen LogP) is 1.51. The van der Waals surface area contributed by atoms with E-state index in [1.54, 1.807) is 28.6 Å². The molecule has 21 heavy (non-hydrogen) atoms. The Hall–Kier alpha value is -1.11. The van der Waals surface area contributed by atoms with Crippen molar-refractivity contribution in [3.63, 3.8) is 0 Å². The largest absolute Gasteiger partial charge is 0.399 e. The Balaban J connectivity index is 2.00. The number of benzene rings is 1. The summed E-state index contributed by atoms with van der Waals surface area (Å²) in [5, 5.41) is 0. The molecule has 0 bridgehead atoms. The van der Waals surface area contributed by atoms with Gasteiger partial charge in [0, 0.05) is 37.4 Å². The van der Waals surface area contributed by atoms with Crippen molar-refractivity contribution in [2.75, 3.05) is 31.9 Å². The molecule has 0 aliphatic carbocycles. The van der Waals surface area contributed by atoms with E-state index in [1.165, 1.54) is 0 Å². The molecule has 1 fully saturated rings. The summed E-state index contributed by atoms with van der Waals surface area (Å²) in [5.74, 6) is 0.0444. The highest BCUT2D eigenvalue weighted by molar-refractivity contribution is 7.88. The maximum atomic E-state index is 12.5. The third-order valence-electron chi connectivity index (χ3n) is 3.91. The maximum Gasteiger partial charge on any atom is 0.218 e. The van der Waals surface area contributed by atoms with Crippen LogP contribution in [-0.4, -0.2) is 49.3 Å². The fourth-order valence-corrected chi connectivity index (χ4v) is 4.07. The normalized spacial score (nSPS) is 18.8. The SMILES string of the molecule is CC(C)(C)N1CCN(S(=O)(=O)Cc2ccc(N)cc2)CC1. The van der Waals surface area contributed by atoms with Gasteiger partial charge in [-0.15, -0.1) is 0 Å². The first kappa shape index (κ1) is 16.3. The van der Waals surface area contributed by atoms with Gasteiger partial charge in [-0.2, -0.15) is 4.31 Å². The summed E-state index contributed by atoms with van der Waals surface area (Å²) < 4.78 is 26.5. The zero-order valence-corrected chi connectivity index (χ0v) is 13.9. The molecule has 2 rings (SSSR count). The van der Waals surface area contributed by atoms with Crippen LogP contribution in [0.2, 0.25) is 0 Å². The minimum atomic E-state index is -3.25. The van der Waals surface area contributed by atoms with E-state index in [-0.39, 0.29) is 11.3 Å². The second-order valence-electron chi connectivity index (χ2n) is 6.55. The van der Waals surface area contributed by atoms with E-state index in [1.807, 2.05) is 0 Å². The zero-order chi connectivity index (χ0) is 15.7. The molecule has 118 valence electrons. The second-order valence-corrected chi connectivity index (χ2v) is 8.52. The molecule has 0 radical (unpaired) electrons. The number of nitrogens with zero attached hydrogens (tertiary/aromatic N) is 2. The Kier molecular flexibility index (Phi) is 4.60. The molecule has 1 aromatic carbocycles. The van der Waals surface area contributed by atoms with Gasteiger partial charge in [0.1, 0.15) is 0 Å². The predicted molar refractivity (Wildman–Crippen MR) is 86.4 cm³/mol. The molecular weight excluding hydrogens is 286 g/mol. The van der Waals surface area contributed by atoms with Gasteiger partial charge in [-0.25, -0.2) is 8.42 Å². The van der Waals surface area contributed by atoms with Crippen molar-refractivity contribution in [1.82, 2.24) is 9.21 Å².